The van der Waals surface area contributed by atoms with Crippen molar-refractivity contribution in [3.05, 3.63) is 24.9 Å². The molecule has 2 saturated heterocycles. The van der Waals surface area contributed by atoms with Crippen molar-refractivity contribution in [1.29, 1.82) is 0 Å². The van der Waals surface area contributed by atoms with Gasteiger partial charge >= 0.3 is 0 Å². The topological polar surface area (TPSA) is 84.7 Å². The summed E-state index contributed by atoms with van der Waals surface area (Å²) in [6.07, 6.45) is 8.91. The maximum atomic E-state index is 13.6. The minimum absolute atomic E-state index is 0.335. The molecule has 5 heterocycles. The molecular weight excluding hydrogens is 347 g/mol. The molecule has 2 aliphatic heterocycles. The van der Waals surface area contributed by atoms with Crippen molar-refractivity contribution in [2.24, 2.45) is 0 Å². The predicted octanol–water partition coefficient (Wildman–Crippen LogP) is 1.76. The molecule has 5 rings (SSSR count). The molecule has 2 aliphatic rings. The van der Waals surface area contributed by atoms with Crippen molar-refractivity contribution < 1.29 is 4.39 Å². The lowest BCUT2D eigenvalue weighted by Gasteiger charge is -2.22. The van der Waals surface area contributed by atoms with Gasteiger partial charge < -0.3 is 10.2 Å². The maximum absolute atomic E-state index is 13.6. The van der Waals surface area contributed by atoms with Crippen LogP contribution in [0.5, 0.6) is 0 Å². The molecule has 9 heteroatoms. The first kappa shape index (κ1) is 16.5. The minimum atomic E-state index is -0.820. The van der Waals surface area contributed by atoms with E-state index in [-0.39, 0.29) is 0 Å². The number of hydrogen-bond donors (Lipinski definition) is 1. The quantitative estimate of drug-likeness (QED) is 0.754. The third-order valence-corrected chi connectivity index (χ3v) is 5.34. The maximum Gasteiger partial charge on any atom is 0.226 e. The number of alkyl halides is 1. The van der Waals surface area contributed by atoms with Crippen LogP contribution in [0.1, 0.15) is 25.3 Å². The molecule has 27 heavy (non-hydrogen) atoms. The monoisotopic (exact) mass is 368 g/mol. The fraction of sp³-hybridized carbons (Fsp3) is 0.500. The predicted molar refractivity (Wildman–Crippen MR) is 99.2 cm³/mol. The van der Waals surface area contributed by atoms with Crippen molar-refractivity contribution >= 4 is 17.0 Å². The van der Waals surface area contributed by atoms with Crippen LogP contribution in [0.3, 0.4) is 0 Å². The largest absolute Gasteiger partial charge is 0.338 e. The van der Waals surface area contributed by atoms with Crippen molar-refractivity contribution in [1.82, 2.24) is 35.0 Å². The first-order valence-electron chi connectivity index (χ1n) is 9.40. The van der Waals surface area contributed by atoms with Gasteiger partial charge in [-0.2, -0.15) is 5.10 Å². The summed E-state index contributed by atoms with van der Waals surface area (Å²) in [6.45, 7) is 2.99. The van der Waals surface area contributed by atoms with Crippen LogP contribution in [-0.4, -0.2) is 62.1 Å². The normalized spacial score (nSPS) is 21.2. The summed E-state index contributed by atoms with van der Waals surface area (Å²) in [7, 11) is 0. The van der Waals surface area contributed by atoms with Crippen molar-refractivity contribution in [3.63, 3.8) is 0 Å². The van der Waals surface area contributed by atoms with Crippen LogP contribution in [0.25, 0.3) is 22.3 Å². The molecule has 8 nitrogen and oxygen atoms in total. The van der Waals surface area contributed by atoms with E-state index in [1.807, 2.05) is 22.0 Å². The molecule has 3 aromatic heterocycles. The fourth-order valence-electron chi connectivity index (χ4n) is 3.84. The third-order valence-electron chi connectivity index (χ3n) is 5.34. The van der Waals surface area contributed by atoms with Gasteiger partial charge in [0, 0.05) is 18.3 Å². The number of hydrogen-bond acceptors (Lipinski definition) is 7. The molecule has 0 aliphatic carbocycles. The highest BCUT2D eigenvalue weighted by molar-refractivity contribution is 5.88. The van der Waals surface area contributed by atoms with Gasteiger partial charge in [0.25, 0.3) is 0 Å². The van der Waals surface area contributed by atoms with E-state index in [0.717, 1.165) is 37.2 Å². The van der Waals surface area contributed by atoms with Crippen LogP contribution >= 0.6 is 0 Å². The number of rotatable bonds is 3. The van der Waals surface area contributed by atoms with E-state index in [1.165, 1.54) is 6.33 Å². The van der Waals surface area contributed by atoms with E-state index in [9.17, 15) is 4.39 Å². The van der Waals surface area contributed by atoms with Gasteiger partial charge in [-0.1, -0.05) is 0 Å². The Morgan fingerprint density at radius 3 is 2.78 bits per heavy atom. The number of anilines is 1. The Kier molecular flexibility index (Phi) is 4.16. The second-order valence-electron chi connectivity index (χ2n) is 7.15. The molecule has 0 radical (unpaired) electrons. The summed E-state index contributed by atoms with van der Waals surface area (Å²) < 4.78 is 15.6. The molecular formula is C18H21FN8. The van der Waals surface area contributed by atoms with Crippen molar-refractivity contribution in [2.45, 2.75) is 31.5 Å². The Bertz CT molecular complexity index is 951. The van der Waals surface area contributed by atoms with Gasteiger partial charge in [-0.25, -0.2) is 24.3 Å². The minimum Gasteiger partial charge on any atom is -0.338 e. The first-order valence-corrected chi connectivity index (χ1v) is 9.40. The lowest BCUT2D eigenvalue weighted by atomic mass is 10.1. The molecule has 1 atom stereocenters. The zero-order valence-corrected chi connectivity index (χ0v) is 14.9. The Morgan fingerprint density at radius 1 is 1.07 bits per heavy atom. The van der Waals surface area contributed by atoms with Gasteiger partial charge in [0.15, 0.2) is 0 Å². The van der Waals surface area contributed by atoms with Crippen molar-refractivity contribution in [3.8, 4) is 11.3 Å². The highest BCUT2D eigenvalue weighted by atomic mass is 19.1. The zero-order chi connectivity index (χ0) is 18.2. The summed E-state index contributed by atoms with van der Waals surface area (Å²) in [6, 6.07) is 0.407. The van der Waals surface area contributed by atoms with Gasteiger partial charge in [0.05, 0.1) is 25.0 Å². The van der Waals surface area contributed by atoms with Gasteiger partial charge in [-0.05, 0) is 32.4 Å². The number of fused-ring (bicyclic) bond motifs is 1. The van der Waals surface area contributed by atoms with Gasteiger partial charge in [-0.15, -0.1) is 0 Å². The Labute approximate surface area is 155 Å². The van der Waals surface area contributed by atoms with Crippen molar-refractivity contribution in [2.75, 3.05) is 31.1 Å². The van der Waals surface area contributed by atoms with Crippen LogP contribution in [0.2, 0.25) is 0 Å². The molecule has 0 aromatic carbocycles. The smallest absolute Gasteiger partial charge is 0.226 e. The molecule has 1 N–H and O–H groups in total. The van der Waals surface area contributed by atoms with E-state index in [4.69, 9.17) is 0 Å². The number of aromatic nitrogens is 6. The van der Waals surface area contributed by atoms with E-state index < -0.39 is 6.17 Å². The number of nitrogens with one attached hydrogen (secondary N) is 1. The molecule has 1 unspecified atom stereocenters. The standard InChI is InChI=1S/C18H21FN8/c19-13-3-6-26(10-13)18-21-8-15-17(25-18)16(23-11-22-15)12-7-24-27(9-12)14-1-4-20-5-2-14/h7-9,11,13-14,20H,1-6,10H2. The van der Waals surface area contributed by atoms with Gasteiger partial charge in [-0.3, -0.25) is 4.68 Å². The average Bonchev–Trinajstić information content (AvgIpc) is 3.37. The highest BCUT2D eigenvalue weighted by Crippen LogP contribution is 2.27. The summed E-state index contributed by atoms with van der Waals surface area (Å²) in [4.78, 5) is 19.6. The molecule has 0 bridgehead atoms. The van der Waals surface area contributed by atoms with E-state index in [2.05, 4.69) is 30.4 Å². The van der Waals surface area contributed by atoms with E-state index in [1.54, 1.807) is 6.20 Å². The number of piperidine rings is 1. The summed E-state index contributed by atoms with van der Waals surface area (Å²) >= 11 is 0. The SMILES string of the molecule is FC1CCN(c2ncc3ncnc(-c4cnn(C5CCNCC5)c4)c3n2)C1. The van der Waals surface area contributed by atoms with E-state index >= 15 is 0 Å². The van der Waals surface area contributed by atoms with Gasteiger partial charge in [0.2, 0.25) is 5.95 Å². The lowest BCUT2D eigenvalue weighted by Crippen LogP contribution is -2.29. The Balaban J connectivity index is 1.51. The summed E-state index contributed by atoms with van der Waals surface area (Å²) in [5.41, 5.74) is 3.00. The molecule has 3 aromatic rings. The number of halogens is 1. The summed E-state index contributed by atoms with van der Waals surface area (Å²) in [5, 5.41) is 7.93. The molecule has 0 saturated carbocycles. The highest BCUT2D eigenvalue weighted by Gasteiger charge is 2.24. The number of nitrogens with zero attached hydrogens (tertiary/aromatic N) is 7. The van der Waals surface area contributed by atoms with Crippen LogP contribution in [0.15, 0.2) is 24.9 Å². The lowest BCUT2D eigenvalue weighted by molar-refractivity contribution is 0.343. The second-order valence-corrected chi connectivity index (χ2v) is 7.15. The zero-order valence-electron chi connectivity index (χ0n) is 14.9. The molecule has 2 fully saturated rings. The van der Waals surface area contributed by atoms with Crippen LogP contribution < -0.4 is 10.2 Å². The van der Waals surface area contributed by atoms with E-state index in [0.29, 0.717) is 42.5 Å². The summed E-state index contributed by atoms with van der Waals surface area (Å²) in [5.74, 6) is 0.532. The molecule has 0 amide bonds. The van der Waals surface area contributed by atoms with Crippen LogP contribution in [0.4, 0.5) is 10.3 Å². The van der Waals surface area contributed by atoms with Crippen LogP contribution in [0, 0.1) is 0 Å². The first-order chi connectivity index (χ1) is 13.3. The van der Waals surface area contributed by atoms with Gasteiger partial charge in [0.1, 0.15) is 29.2 Å². The Morgan fingerprint density at radius 2 is 1.96 bits per heavy atom. The Hall–Kier alpha value is -2.68. The van der Waals surface area contributed by atoms with Crippen LogP contribution in [-0.2, 0) is 0 Å². The molecule has 140 valence electrons. The third kappa shape index (κ3) is 3.12. The fourth-order valence-corrected chi connectivity index (χ4v) is 3.84. The molecule has 0 spiro atoms. The average molecular weight is 368 g/mol. The second kappa shape index (κ2) is 6.80.